The molecule has 0 aromatic heterocycles. The van der Waals surface area contributed by atoms with E-state index >= 15 is 0 Å². The van der Waals surface area contributed by atoms with E-state index in [1.165, 1.54) is 7.11 Å². The molecule has 0 aliphatic heterocycles. The lowest BCUT2D eigenvalue weighted by molar-refractivity contribution is -0.148. The average Bonchev–Trinajstić information content (AvgIpc) is 2.23. The van der Waals surface area contributed by atoms with Crippen molar-refractivity contribution in [2.75, 3.05) is 19.4 Å². The summed E-state index contributed by atoms with van der Waals surface area (Å²) in [7, 11) is 1.45. The number of nitrogens with one attached hydrogen (secondary N) is 1. The molecule has 0 aromatic rings. The Labute approximate surface area is 110 Å². The first-order valence-electron chi connectivity index (χ1n) is 6.22. The number of rotatable bonds is 7. The third-order valence-electron chi connectivity index (χ3n) is 2.54. The van der Waals surface area contributed by atoms with Crippen molar-refractivity contribution in [3.05, 3.63) is 0 Å². The zero-order chi connectivity index (χ0) is 13.5. The van der Waals surface area contributed by atoms with Crippen LogP contribution in [0.3, 0.4) is 0 Å². The molecule has 1 N–H and O–H groups in total. The molecule has 1 atom stereocenters. The second-order valence-electron chi connectivity index (χ2n) is 5.46. The van der Waals surface area contributed by atoms with Crippen LogP contribution in [0.4, 0.5) is 0 Å². The lowest BCUT2D eigenvalue weighted by Crippen LogP contribution is -2.51. The minimum atomic E-state index is -0.553. The fourth-order valence-electron chi connectivity index (χ4n) is 1.45. The highest BCUT2D eigenvalue weighted by Crippen LogP contribution is 2.26. The summed E-state index contributed by atoms with van der Waals surface area (Å²) >= 11 is 1.87. The summed E-state index contributed by atoms with van der Waals surface area (Å²) < 4.78 is 5.12. The zero-order valence-electron chi connectivity index (χ0n) is 12.1. The fourth-order valence-corrected chi connectivity index (χ4v) is 2.57. The van der Waals surface area contributed by atoms with Crippen molar-refractivity contribution in [2.45, 2.75) is 57.7 Å². The molecule has 0 amide bonds. The predicted molar refractivity (Wildman–Crippen MR) is 75.5 cm³/mol. The van der Waals surface area contributed by atoms with Crippen molar-refractivity contribution >= 4 is 17.7 Å². The van der Waals surface area contributed by atoms with Gasteiger partial charge in [-0.25, -0.2) is 0 Å². The molecule has 0 fully saturated rings. The Morgan fingerprint density at radius 3 is 2.29 bits per heavy atom. The molecule has 0 aliphatic rings. The van der Waals surface area contributed by atoms with Gasteiger partial charge in [0.25, 0.3) is 0 Å². The van der Waals surface area contributed by atoms with Gasteiger partial charge < -0.3 is 10.1 Å². The molecule has 0 spiro atoms. The molecule has 4 heteroatoms. The fraction of sp³-hybridized carbons (Fsp3) is 0.923. The predicted octanol–water partition coefficient (Wildman–Crippen LogP) is 2.84. The standard InChI is InChI=1S/C13H27NO2S/c1-7-9-14-13(5,11(15)16-6)8-10-17-12(2,3)4/h14H,7-10H2,1-6H3. The molecule has 17 heavy (non-hydrogen) atoms. The van der Waals surface area contributed by atoms with Gasteiger partial charge in [0.05, 0.1) is 7.11 Å². The van der Waals surface area contributed by atoms with E-state index in [2.05, 4.69) is 33.0 Å². The van der Waals surface area contributed by atoms with Gasteiger partial charge in [-0.15, -0.1) is 0 Å². The molecule has 0 bridgehead atoms. The van der Waals surface area contributed by atoms with Gasteiger partial charge >= 0.3 is 5.97 Å². The lowest BCUT2D eigenvalue weighted by atomic mass is 9.99. The molecule has 0 rings (SSSR count). The van der Waals surface area contributed by atoms with Crippen LogP contribution in [0.1, 0.15) is 47.5 Å². The van der Waals surface area contributed by atoms with Crippen LogP contribution in [0.15, 0.2) is 0 Å². The van der Waals surface area contributed by atoms with Gasteiger partial charge in [0.15, 0.2) is 0 Å². The molecule has 3 nitrogen and oxygen atoms in total. The minimum Gasteiger partial charge on any atom is -0.468 e. The number of ether oxygens (including phenoxy) is 1. The average molecular weight is 261 g/mol. The van der Waals surface area contributed by atoms with Gasteiger partial charge in [0.2, 0.25) is 0 Å². The molecule has 102 valence electrons. The van der Waals surface area contributed by atoms with Crippen LogP contribution in [0.5, 0.6) is 0 Å². The van der Waals surface area contributed by atoms with Crippen LogP contribution in [-0.2, 0) is 9.53 Å². The Balaban J connectivity index is 4.34. The SMILES string of the molecule is CCCNC(C)(CCSC(C)(C)C)C(=O)OC. The first-order valence-corrected chi connectivity index (χ1v) is 7.21. The van der Waals surface area contributed by atoms with Crippen LogP contribution in [0.25, 0.3) is 0 Å². The monoisotopic (exact) mass is 261 g/mol. The molecule has 0 radical (unpaired) electrons. The quantitative estimate of drug-likeness (QED) is 0.715. The highest BCUT2D eigenvalue weighted by Gasteiger charge is 2.33. The van der Waals surface area contributed by atoms with E-state index in [-0.39, 0.29) is 10.7 Å². The zero-order valence-corrected chi connectivity index (χ0v) is 12.9. The number of carbonyl (C=O) groups is 1. The molecule has 0 aromatic carbocycles. The van der Waals surface area contributed by atoms with E-state index in [0.717, 1.165) is 25.1 Å². The van der Waals surface area contributed by atoms with Crippen molar-refractivity contribution in [3.8, 4) is 0 Å². The first kappa shape index (κ1) is 16.8. The summed E-state index contributed by atoms with van der Waals surface area (Å²) in [6.07, 6.45) is 1.81. The molecule has 0 heterocycles. The molecule has 0 aliphatic carbocycles. The van der Waals surface area contributed by atoms with E-state index in [0.29, 0.717) is 0 Å². The number of hydrogen-bond donors (Lipinski definition) is 1. The number of methoxy groups -OCH3 is 1. The number of esters is 1. The maximum absolute atomic E-state index is 11.8. The summed E-state index contributed by atoms with van der Waals surface area (Å²) in [6.45, 7) is 11.4. The van der Waals surface area contributed by atoms with Crippen LogP contribution in [-0.4, -0.2) is 35.7 Å². The second-order valence-corrected chi connectivity index (χ2v) is 7.38. The van der Waals surface area contributed by atoms with E-state index in [4.69, 9.17) is 4.74 Å². The number of carbonyl (C=O) groups excluding carboxylic acids is 1. The number of thioether (sulfide) groups is 1. The third kappa shape index (κ3) is 6.94. The normalized spacial score (nSPS) is 15.4. The lowest BCUT2D eigenvalue weighted by Gasteiger charge is -2.29. The van der Waals surface area contributed by atoms with Gasteiger partial charge in [-0.2, -0.15) is 11.8 Å². The molecule has 0 saturated heterocycles. The van der Waals surface area contributed by atoms with Gasteiger partial charge in [-0.3, -0.25) is 4.79 Å². The number of hydrogen-bond acceptors (Lipinski definition) is 4. The van der Waals surface area contributed by atoms with Crippen molar-refractivity contribution in [1.82, 2.24) is 5.32 Å². The summed E-state index contributed by atoms with van der Waals surface area (Å²) in [5.41, 5.74) is -0.553. The Morgan fingerprint density at radius 2 is 1.88 bits per heavy atom. The highest BCUT2D eigenvalue weighted by atomic mass is 32.2. The Kier molecular flexibility index (Phi) is 7.17. The maximum Gasteiger partial charge on any atom is 0.325 e. The van der Waals surface area contributed by atoms with Gasteiger partial charge in [0, 0.05) is 4.75 Å². The third-order valence-corrected chi connectivity index (χ3v) is 3.81. The highest BCUT2D eigenvalue weighted by molar-refractivity contribution is 8.00. The maximum atomic E-state index is 11.8. The van der Waals surface area contributed by atoms with E-state index in [9.17, 15) is 4.79 Å². The van der Waals surface area contributed by atoms with E-state index in [1.807, 2.05) is 18.7 Å². The van der Waals surface area contributed by atoms with Crippen LogP contribution < -0.4 is 5.32 Å². The largest absolute Gasteiger partial charge is 0.468 e. The Morgan fingerprint density at radius 1 is 1.29 bits per heavy atom. The molecule has 0 saturated carbocycles. The molecule has 1 unspecified atom stereocenters. The van der Waals surface area contributed by atoms with Crippen LogP contribution >= 0.6 is 11.8 Å². The van der Waals surface area contributed by atoms with Gasteiger partial charge in [-0.05, 0) is 32.1 Å². The van der Waals surface area contributed by atoms with Gasteiger partial charge in [0.1, 0.15) is 5.54 Å². The second kappa shape index (κ2) is 7.27. The van der Waals surface area contributed by atoms with Crippen LogP contribution in [0, 0.1) is 0 Å². The smallest absolute Gasteiger partial charge is 0.325 e. The van der Waals surface area contributed by atoms with Crippen LogP contribution in [0.2, 0.25) is 0 Å². The summed E-state index contributed by atoms with van der Waals surface area (Å²) in [6, 6.07) is 0. The van der Waals surface area contributed by atoms with E-state index in [1.54, 1.807) is 0 Å². The summed E-state index contributed by atoms with van der Waals surface area (Å²) in [5, 5.41) is 3.29. The Bertz CT molecular complexity index is 238. The van der Waals surface area contributed by atoms with Crippen molar-refractivity contribution in [2.24, 2.45) is 0 Å². The first-order chi connectivity index (χ1) is 7.75. The van der Waals surface area contributed by atoms with Crippen molar-refractivity contribution in [1.29, 1.82) is 0 Å². The van der Waals surface area contributed by atoms with E-state index < -0.39 is 5.54 Å². The molecular formula is C13H27NO2S. The summed E-state index contributed by atoms with van der Waals surface area (Å²) in [4.78, 5) is 11.8. The topological polar surface area (TPSA) is 38.3 Å². The van der Waals surface area contributed by atoms with Crippen molar-refractivity contribution in [3.63, 3.8) is 0 Å². The minimum absolute atomic E-state index is 0.166. The van der Waals surface area contributed by atoms with Crippen molar-refractivity contribution < 1.29 is 9.53 Å². The van der Waals surface area contributed by atoms with Gasteiger partial charge in [-0.1, -0.05) is 27.7 Å². The Hall–Kier alpha value is -0.220. The summed E-state index contributed by atoms with van der Waals surface area (Å²) in [5.74, 6) is 0.784. The molecular weight excluding hydrogens is 234 g/mol.